The van der Waals surface area contributed by atoms with Crippen molar-refractivity contribution < 1.29 is 9.84 Å². The number of aliphatic hydroxyl groups excluding tert-OH is 1. The molecule has 3 rings (SSSR count). The number of aliphatic hydroxyl groups is 1. The second-order valence-corrected chi connectivity index (χ2v) is 6.38. The van der Waals surface area contributed by atoms with Crippen LogP contribution in [0.2, 0.25) is 0 Å². The summed E-state index contributed by atoms with van der Waals surface area (Å²) in [4.78, 5) is 0. The Bertz CT molecular complexity index is 674. The molecule has 24 heavy (non-hydrogen) atoms. The van der Waals surface area contributed by atoms with E-state index in [1.54, 1.807) is 0 Å². The molecular weight excluding hydrogens is 296 g/mol. The Morgan fingerprint density at radius 1 is 0.875 bits per heavy atom. The van der Waals surface area contributed by atoms with Crippen molar-refractivity contribution in [3.63, 3.8) is 0 Å². The molecule has 1 aliphatic carbocycles. The molecule has 2 aromatic carbocycles. The monoisotopic (exact) mass is 322 g/mol. The van der Waals surface area contributed by atoms with Crippen molar-refractivity contribution >= 4 is 11.6 Å². The van der Waals surface area contributed by atoms with E-state index in [0.717, 1.165) is 50.9 Å². The molecule has 0 saturated carbocycles. The lowest BCUT2D eigenvalue weighted by Crippen LogP contribution is -2.02. The molecule has 0 amide bonds. The van der Waals surface area contributed by atoms with Crippen LogP contribution in [0.4, 0.5) is 0 Å². The first-order valence-corrected chi connectivity index (χ1v) is 8.99. The summed E-state index contributed by atoms with van der Waals surface area (Å²) in [7, 11) is 0. The van der Waals surface area contributed by atoms with Gasteiger partial charge >= 0.3 is 0 Å². The number of rotatable bonds is 8. The molecule has 0 atom stereocenters. The van der Waals surface area contributed by atoms with Crippen LogP contribution in [0.15, 0.2) is 48.5 Å². The minimum absolute atomic E-state index is 0.293. The lowest BCUT2D eigenvalue weighted by Gasteiger charge is -2.18. The molecule has 0 heterocycles. The standard InChI is InChI=1S/C22H26O2/c23-14-6-1-2-7-15-24-22-13-12-19-10-11-20(16-21(19)17-22)18-8-4-3-5-9-18/h3-5,8-9,12-13,16-17,23H,1-2,6-7,10-11,14-15H2. The largest absolute Gasteiger partial charge is 0.494 e. The maximum Gasteiger partial charge on any atom is 0.119 e. The highest BCUT2D eigenvalue weighted by molar-refractivity contribution is 5.84. The van der Waals surface area contributed by atoms with Gasteiger partial charge in [-0.2, -0.15) is 0 Å². The maximum atomic E-state index is 8.78. The molecule has 0 fully saturated rings. The van der Waals surface area contributed by atoms with E-state index >= 15 is 0 Å². The third-order valence-electron chi connectivity index (χ3n) is 4.58. The van der Waals surface area contributed by atoms with Crippen LogP contribution >= 0.6 is 0 Å². The first-order chi connectivity index (χ1) is 11.9. The highest BCUT2D eigenvalue weighted by atomic mass is 16.5. The van der Waals surface area contributed by atoms with Crippen LogP contribution in [-0.4, -0.2) is 18.3 Å². The Labute approximate surface area is 144 Å². The van der Waals surface area contributed by atoms with E-state index in [-0.39, 0.29) is 0 Å². The number of allylic oxidation sites excluding steroid dienone is 1. The first-order valence-electron chi connectivity index (χ1n) is 8.99. The summed E-state index contributed by atoms with van der Waals surface area (Å²) in [5.74, 6) is 0.960. The molecule has 1 aliphatic rings. The fraction of sp³-hybridized carbons (Fsp3) is 0.364. The van der Waals surface area contributed by atoms with Crippen molar-refractivity contribution in [3.05, 3.63) is 65.2 Å². The van der Waals surface area contributed by atoms with Gasteiger partial charge in [0.2, 0.25) is 0 Å². The molecule has 2 heteroatoms. The Morgan fingerprint density at radius 2 is 1.71 bits per heavy atom. The van der Waals surface area contributed by atoms with Crippen LogP contribution < -0.4 is 4.74 Å². The molecule has 0 saturated heterocycles. The van der Waals surface area contributed by atoms with Gasteiger partial charge in [0.25, 0.3) is 0 Å². The molecule has 2 nitrogen and oxygen atoms in total. The minimum atomic E-state index is 0.293. The molecular formula is C22H26O2. The number of benzene rings is 2. The molecule has 0 unspecified atom stereocenters. The molecule has 0 radical (unpaired) electrons. The van der Waals surface area contributed by atoms with E-state index in [2.05, 4.69) is 54.6 Å². The van der Waals surface area contributed by atoms with E-state index in [1.807, 2.05) is 0 Å². The van der Waals surface area contributed by atoms with Gasteiger partial charge in [-0.3, -0.25) is 0 Å². The van der Waals surface area contributed by atoms with E-state index in [1.165, 1.54) is 22.3 Å². The summed E-state index contributed by atoms with van der Waals surface area (Å²) in [6.45, 7) is 1.04. The zero-order valence-electron chi connectivity index (χ0n) is 14.2. The summed E-state index contributed by atoms with van der Waals surface area (Å²) in [5.41, 5.74) is 5.42. The second kappa shape index (κ2) is 8.70. The van der Waals surface area contributed by atoms with Crippen LogP contribution in [-0.2, 0) is 6.42 Å². The molecule has 1 N–H and O–H groups in total. The van der Waals surface area contributed by atoms with Crippen molar-refractivity contribution in [1.82, 2.24) is 0 Å². The zero-order valence-corrected chi connectivity index (χ0v) is 14.2. The summed E-state index contributed by atoms with van der Waals surface area (Å²) in [6.07, 6.45) is 8.63. The Balaban J connectivity index is 1.62. The lowest BCUT2D eigenvalue weighted by atomic mass is 9.88. The number of aryl methyl sites for hydroxylation is 1. The van der Waals surface area contributed by atoms with Gasteiger partial charge in [0.15, 0.2) is 0 Å². The van der Waals surface area contributed by atoms with Gasteiger partial charge in [0.1, 0.15) is 5.75 Å². The van der Waals surface area contributed by atoms with Crippen LogP contribution in [0.5, 0.6) is 5.75 Å². The van der Waals surface area contributed by atoms with Gasteiger partial charge in [-0.1, -0.05) is 48.9 Å². The number of ether oxygens (including phenoxy) is 1. The summed E-state index contributed by atoms with van der Waals surface area (Å²) in [5, 5.41) is 8.78. The molecule has 0 aromatic heterocycles. The van der Waals surface area contributed by atoms with Gasteiger partial charge in [-0.15, -0.1) is 0 Å². The Hall–Kier alpha value is -2.06. The molecule has 0 spiro atoms. The van der Waals surface area contributed by atoms with Crippen molar-refractivity contribution in [3.8, 4) is 5.75 Å². The number of hydrogen-bond donors (Lipinski definition) is 1. The first kappa shape index (κ1) is 16.8. The normalized spacial score (nSPS) is 13.3. The van der Waals surface area contributed by atoms with Crippen molar-refractivity contribution in [2.24, 2.45) is 0 Å². The van der Waals surface area contributed by atoms with Gasteiger partial charge in [-0.25, -0.2) is 0 Å². The third-order valence-corrected chi connectivity index (χ3v) is 4.58. The van der Waals surface area contributed by atoms with Crippen LogP contribution in [0, 0.1) is 0 Å². The molecule has 0 bridgehead atoms. The number of fused-ring (bicyclic) bond motifs is 1. The quantitative estimate of drug-likeness (QED) is 0.685. The zero-order chi connectivity index (χ0) is 16.6. The lowest BCUT2D eigenvalue weighted by molar-refractivity contribution is 0.273. The van der Waals surface area contributed by atoms with Crippen molar-refractivity contribution in [2.45, 2.75) is 38.5 Å². The van der Waals surface area contributed by atoms with Gasteiger partial charge in [0.05, 0.1) is 6.61 Å². The van der Waals surface area contributed by atoms with Crippen LogP contribution in [0.1, 0.15) is 48.8 Å². The Kier molecular flexibility index (Phi) is 6.08. The van der Waals surface area contributed by atoms with E-state index in [9.17, 15) is 0 Å². The van der Waals surface area contributed by atoms with Crippen molar-refractivity contribution in [2.75, 3.05) is 13.2 Å². The van der Waals surface area contributed by atoms with E-state index < -0.39 is 0 Å². The van der Waals surface area contributed by atoms with Gasteiger partial charge in [-0.05, 0) is 66.5 Å². The fourth-order valence-electron chi connectivity index (χ4n) is 3.19. The summed E-state index contributed by atoms with van der Waals surface area (Å²) in [6, 6.07) is 17.1. The fourth-order valence-corrected chi connectivity index (χ4v) is 3.19. The molecule has 126 valence electrons. The third kappa shape index (κ3) is 4.48. The van der Waals surface area contributed by atoms with E-state index in [0.29, 0.717) is 6.61 Å². The van der Waals surface area contributed by atoms with Crippen LogP contribution in [0.3, 0.4) is 0 Å². The summed E-state index contributed by atoms with van der Waals surface area (Å²) >= 11 is 0. The predicted octanol–water partition coefficient (Wildman–Crippen LogP) is 5.10. The average Bonchev–Trinajstić information content (AvgIpc) is 2.64. The Morgan fingerprint density at radius 3 is 2.54 bits per heavy atom. The summed E-state index contributed by atoms with van der Waals surface area (Å²) < 4.78 is 5.90. The topological polar surface area (TPSA) is 29.5 Å². The molecule has 2 aromatic rings. The number of hydrogen-bond acceptors (Lipinski definition) is 2. The van der Waals surface area contributed by atoms with Gasteiger partial charge < -0.3 is 9.84 Å². The smallest absolute Gasteiger partial charge is 0.119 e. The van der Waals surface area contributed by atoms with Gasteiger partial charge in [0, 0.05) is 6.61 Å². The van der Waals surface area contributed by atoms with E-state index in [4.69, 9.17) is 9.84 Å². The second-order valence-electron chi connectivity index (χ2n) is 6.38. The number of unbranched alkanes of at least 4 members (excludes halogenated alkanes) is 3. The highest BCUT2D eigenvalue weighted by Gasteiger charge is 2.12. The minimum Gasteiger partial charge on any atom is -0.494 e. The van der Waals surface area contributed by atoms with Crippen LogP contribution in [0.25, 0.3) is 11.6 Å². The SMILES string of the molecule is OCCCCCCOc1ccc2c(c1)C=C(c1ccccc1)CC2. The average molecular weight is 322 g/mol. The van der Waals surface area contributed by atoms with Crippen molar-refractivity contribution in [1.29, 1.82) is 0 Å². The molecule has 0 aliphatic heterocycles. The predicted molar refractivity (Wildman–Crippen MR) is 100 cm³/mol. The maximum absolute atomic E-state index is 8.78. The highest BCUT2D eigenvalue weighted by Crippen LogP contribution is 2.32.